The third kappa shape index (κ3) is 7.78. The first-order valence-electron chi connectivity index (χ1n) is 8.99. The third-order valence-corrected chi connectivity index (χ3v) is 4.08. The second-order valence-corrected chi connectivity index (χ2v) is 6.72. The van der Waals surface area contributed by atoms with Crippen molar-refractivity contribution in [2.45, 2.75) is 25.3 Å². The highest BCUT2D eigenvalue weighted by Gasteiger charge is 2.34. The number of benzene rings is 2. The molecular formula is C21H26F3NO3. The van der Waals surface area contributed by atoms with E-state index in [-0.39, 0.29) is 13.2 Å². The van der Waals surface area contributed by atoms with Crippen molar-refractivity contribution in [3.05, 3.63) is 59.7 Å². The van der Waals surface area contributed by atoms with Crippen LogP contribution in [0.3, 0.4) is 0 Å². The maximum Gasteiger partial charge on any atom is 0.522 e. The van der Waals surface area contributed by atoms with Crippen molar-refractivity contribution in [1.29, 1.82) is 0 Å². The number of halogens is 3. The van der Waals surface area contributed by atoms with Gasteiger partial charge in [-0.3, -0.25) is 4.74 Å². The smallest absolute Gasteiger partial charge is 0.497 e. The van der Waals surface area contributed by atoms with Crippen LogP contribution in [-0.2, 0) is 17.6 Å². The summed E-state index contributed by atoms with van der Waals surface area (Å²) in [5.74, 6) is 1.36. The fourth-order valence-electron chi connectivity index (χ4n) is 2.86. The number of likely N-dealkylation sites (N-methyl/N-ethyl adjacent to an activating group) is 1. The van der Waals surface area contributed by atoms with E-state index in [9.17, 15) is 13.2 Å². The van der Waals surface area contributed by atoms with Gasteiger partial charge in [0.25, 0.3) is 0 Å². The summed E-state index contributed by atoms with van der Waals surface area (Å²) >= 11 is 0. The SMILES string of the molecule is COc1cccc(CCc2ccccc2OC[C@H](CN(C)C)OC(F)(F)F)c1. The number of alkyl halides is 3. The number of ether oxygens (including phenoxy) is 3. The van der Waals surface area contributed by atoms with Crippen molar-refractivity contribution in [2.75, 3.05) is 34.4 Å². The molecule has 0 radical (unpaired) electrons. The van der Waals surface area contributed by atoms with E-state index < -0.39 is 12.5 Å². The first kappa shape index (κ1) is 22.0. The van der Waals surface area contributed by atoms with Crippen LogP contribution in [0.1, 0.15) is 11.1 Å². The lowest BCUT2D eigenvalue weighted by molar-refractivity contribution is -0.345. The summed E-state index contributed by atoms with van der Waals surface area (Å²) in [6, 6.07) is 15.2. The zero-order chi connectivity index (χ0) is 20.6. The molecule has 7 heteroatoms. The van der Waals surface area contributed by atoms with E-state index >= 15 is 0 Å². The van der Waals surface area contributed by atoms with E-state index in [2.05, 4.69) is 4.74 Å². The number of methoxy groups -OCH3 is 1. The van der Waals surface area contributed by atoms with Crippen molar-refractivity contribution in [3.63, 3.8) is 0 Å². The van der Waals surface area contributed by atoms with Gasteiger partial charge in [0.05, 0.1) is 7.11 Å². The van der Waals surface area contributed by atoms with Crippen molar-refractivity contribution >= 4 is 0 Å². The van der Waals surface area contributed by atoms with Crippen LogP contribution in [0.15, 0.2) is 48.5 Å². The zero-order valence-electron chi connectivity index (χ0n) is 16.3. The van der Waals surface area contributed by atoms with Crippen molar-refractivity contribution in [3.8, 4) is 11.5 Å². The summed E-state index contributed by atoms with van der Waals surface area (Å²) in [7, 11) is 5.00. The van der Waals surface area contributed by atoms with Gasteiger partial charge in [-0.2, -0.15) is 0 Å². The Hall–Kier alpha value is -2.25. The summed E-state index contributed by atoms with van der Waals surface area (Å²) in [4.78, 5) is 1.63. The average molecular weight is 397 g/mol. The highest BCUT2D eigenvalue weighted by Crippen LogP contribution is 2.23. The standard InChI is InChI=1S/C21H26F3NO3/c1-25(2)14-19(28-21(22,23)24)15-27-20-10-5-4-8-17(20)12-11-16-7-6-9-18(13-16)26-3/h4-10,13,19H,11-12,14-15H2,1-3H3/t19-/m0/s1. The molecule has 0 N–H and O–H groups in total. The third-order valence-electron chi connectivity index (χ3n) is 4.08. The minimum absolute atomic E-state index is 0.103. The molecule has 0 fully saturated rings. The lowest BCUT2D eigenvalue weighted by Gasteiger charge is -2.23. The second-order valence-electron chi connectivity index (χ2n) is 6.72. The molecule has 4 nitrogen and oxygen atoms in total. The molecule has 0 saturated heterocycles. The van der Waals surface area contributed by atoms with Crippen molar-refractivity contribution in [1.82, 2.24) is 4.90 Å². The minimum Gasteiger partial charge on any atom is -0.497 e. The summed E-state index contributed by atoms with van der Waals surface area (Å²) in [6.45, 7) is -0.0840. The van der Waals surface area contributed by atoms with E-state index in [1.165, 1.54) is 0 Å². The Morgan fingerprint density at radius 3 is 2.43 bits per heavy atom. The molecule has 0 saturated carbocycles. The Labute approximate surface area is 163 Å². The van der Waals surface area contributed by atoms with Gasteiger partial charge in [-0.15, -0.1) is 13.2 Å². The second kappa shape index (κ2) is 10.3. The lowest BCUT2D eigenvalue weighted by Crippen LogP contribution is -2.37. The summed E-state index contributed by atoms with van der Waals surface area (Å²) in [5.41, 5.74) is 2.04. The molecule has 2 rings (SSSR count). The van der Waals surface area contributed by atoms with Gasteiger partial charge in [-0.1, -0.05) is 30.3 Å². The van der Waals surface area contributed by atoms with E-state index in [1.807, 2.05) is 36.4 Å². The summed E-state index contributed by atoms with van der Waals surface area (Å²) in [6.07, 6.45) is -4.35. The van der Waals surface area contributed by atoms with Crippen LogP contribution in [0.25, 0.3) is 0 Å². The first-order valence-corrected chi connectivity index (χ1v) is 8.99. The Morgan fingerprint density at radius 1 is 1.00 bits per heavy atom. The van der Waals surface area contributed by atoms with Crippen LogP contribution in [0.4, 0.5) is 13.2 Å². The highest BCUT2D eigenvalue weighted by molar-refractivity contribution is 5.35. The average Bonchev–Trinajstić information content (AvgIpc) is 2.63. The van der Waals surface area contributed by atoms with E-state index in [1.54, 1.807) is 38.2 Å². The van der Waals surface area contributed by atoms with Crippen LogP contribution in [0.5, 0.6) is 11.5 Å². The molecule has 28 heavy (non-hydrogen) atoms. The number of nitrogens with zero attached hydrogens (tertiary/aromatic N) is 1. The van der Waals surface area contributed by atoms with Gasteiger partial charge < -0.3 is 14.4 Å². The Kier molecular flexibility index (Phi) is 8.14. The molecule has 2 aromatic carbocycles. The molecule has 0 amide bonds. The molecule has 0 aromatic heterocycles. The normalized spacial score (nSPS) is 12.8. The Bertz CT molecular complexity index is 735. The number of para-hydroxylation sites is 1. The lowest BCUT2D eigenvalue weighted by atomic mass is 10.0. The molecule has 0 unspecified atom stereocenters. The fraction of sp³-hybridized carbons (Fsp3) is 0.429. The van der Waals surface area contributed by atoms with Gasteiger partial charge in [-0.05, 0) is 56.3 Å². The number of hydrogen-bond acceptors (Lipinski definition) is 4. The van der Waals surface area contributed by atoms with Crippen molar-refractivity contribution < 1.29 is 27.4 Å². The monoisotopic (exact) mass is 397 g/mol. The highest BCUT2D eigenvalue weighted by atomic mass is 19.4. The Morgan fingerprint density at radius 2 is 1.75 bits per heavy atom. The maximum atomic E-state index is 12.6. The maximum absolute atomic E-state index is 12.6. The first-order chi connectivity index (χ1) is 13.3. The zero-order valence-corrected chi connectivity index (χ0v) is 16.3. The van der Waals surface area contributed by atoms with E-state index in [0.717, 1.165) is 23.3 Å². The van der Waals surface area contributed by atoms with Crippen LogP contribution in [-0.4, -0.2) is 51.7 Å². The topological polar surface area (TPSA) is 30.9 Å². The minimum atomic E-state index is -4.70. The predicted octanol–water partition coefficient (Wildman–Crippen LogP) is 4.33. The molecule has 1 atom stereocenters. The van der Waals surface area contributed by atoms with Crippen molar-refractivity contribution in [2.24, 2.45) is 0 Å². The van der Waals surface area contributed by atoms with Crippen LogP contribution < -0.4 is 9.47 Å². The summed E-state index contributed by atoms with van der Waals surface area (Å²) < 4.78 is 53.0. The quantitative estimate of drug-likeness (QED) is 0.597. The summed E-state index contributed by atoms with van der Waals surface area (Å²) in [5, 5.41) is 0. The molecule has 154 valence electrons. The van der Waals surface area contributed by atoms with Crippen LogP contribution in [0.2, 0.25) is 0 Å². The molecule has 0 aliphatic carbocycles. The fourth-order valence-corrected chi connectivity index (χ4v) is 2.86. The Balaban J connectivity index is 2.01. The number of rotatable bonds is 10. The van der Waals surface area contributed by atoms with Gasteiger partial charge in [-0.25, -0.2) is 0 Å². The molecular weight excluding hydrogens is 371 g/mol. The van der Waals surface area contributed by atoms with Gasteiger partial charge in [0, 0.05) is 6.54 Å². The van der Waals surface area contributed by atoms with E-state index in [0.29, 0.717) is 12.2 Å². The van der Waals surface area contributed by atoms with Gasteiger partial charge in [0.1, 0.15) is 24.2 Å². The van der Waals surface area contributed by atoms with E-state index in [4.69, 9.17) is 9.47 Å². The van der Waals surface area contributed by atoms with Gasteiger partial charge in [0.2, 0.25) is 0 Å². The van der Waals surface area contributed by atoms with Crippen LogP contribution >= 0.6 is 0 Å². The molecule has 0 spiro atoms. The molecule has 0 heterocycles. The van der Waals surface area contributed by atoms with Crippen LogP contribution in [0, 0.1) is 0 Å². The van der Waals surface area contributed by atoms with Gasteiger partial charge >= 0.3 is 6.36 Å². The number of aryl methyl sites for hydroxylation is 2. The molecule has 0 bridgehead atoms. The predicted molar refractivity (Wildman–Crippen MR) is 102 cm³/mol. The largest absolute Gasteiger partial charge is 0.522 e. The van der Waals surface area contributed by atoms with Gasteiger partial charge in [0.15, 0.2) is 0 Å². The number of hydrogen-bond donors (Lipinski definition) is 0. The molecule has 2 aromatic rings. The molecule has 0 aliphatic rings. The molecule has 0 aliphatic heterocycles.